The number of hydrogen-bond donors (Lipinski definition) is 1. The number of carbonyl (C=O) groups is 2. The first-order chi connectivity index (χ1) is 18.9. The Kier molecular flexibility index (Phi) is 8.35. The van der Waals surface area contributed by atoms with Gasteiger partial charge in [-0.1, -0.05) is 38.4 Å². The highest BCUT2D eigenvalue weighted by atomic mass is 35.5. The van der Waals surface area contributed by atoms with Crippen LogP contribution in [0, 0.1) is 19.3 Å². The fraction of sp³-hybridized carbons (Fsp3) is 0.281. The Morgan fingerprint density at radius 1 is 0.925 bits per heavy atom. The molecular weight excluding hydrogens is 526 g/mol. The molecule has 0 aliphatic heterocycles. The number of halogens is 1. The van der Waals surface area contributed by atoms with Crippen molar-refractivity contribution in [3.05, 3.63) is 93.6 Å². The van der Waals surface area contributed by atoms with Gasteiger partial charge in [-0.25, -0.2) is 5.43 Å². The lowest BCUT2D eigenvalue weighted by Gasteiger charge is -2.23. The maximum Gasteiger partial charge on any atom is 0.262 e. The second kappa shape index (κ2) is 11.6. The van der Waals surface area contributed by atoms with Crippen molar-refractivity contribution >= 4 is 40.0 Å². The summed E-state index contributed by atoms with van der Waals surface area (Å²) in [4.78, 5) is 26.9. The molecular formula is C32H34ClN3O4. The number of hydrogen-bond acceptors (Lipinski definition) is 5. The topological polar surface area (TPSA) is 81.9 Å². The third-order valence-electron chi connectivity index (χ3n) is 6.88. The van der Waals surface area contributed by atoms with Crippen LogP contribution >= 0.6 is 11.6 Å². The van der Waals surface area contributed by atoms with E-state index in [2.05, 4.69) is 10.5 Å². The van der Waals surface area contributed by atoms with E-state index in [1.165, 1.54) is 0 Å². The average Bonchev–Trinajstić information content (AvgIpc) is 3.18. The van der Waals surface area contributed by atoms with Crippen molar-refractivity contribution in [3.8, 4) is 11.5 Å². The van der Waals surface area contributed by atoms with Crippen molar-refractivity contribution in [2.24, 2.45) is 10.5 Å². The smallest absolute Gasteiger partial charge is 0.262 e. The van der Waals surface area contributed by atoms with Crippen molar-refractivity contribution in [2.75, 3.05) is 14.2 Å². The number of rotatable bonds is 7. The molecule has 7 nitrogen and oxygen atoms in total. The van der Waals surface area contributed by atoms with Gasteiger partial charge < -0.3 is 9.47 Å². The van der Waals surface area contributed by atoms with Crippen LogP contribution in [0.4, 0.5) is 0 Å². The molecule has 0 spiro atoms. The van der Waals surface area contributed by atoms with Crippen LogP contribution in [-0.2, 0) is 11.2 Å². The molecule has 4 aromatic rings. The summed E-state index contributed by atoms with van der Waals surface area (Å²) in [6.45, 7) is 9.98. The van der Waals surface area contributed by atoms with E-state index < -0.39 is 0 Å². The Hall–Kier alpha value is -4.10. The normalized spacial score (nSPS) is 11.9. The van der Waals surface area contributed by atoms with Crippen molar-refractivity contribution in [2.45, 2.75) is 41.0 Å². The second-order valence-electron chi connectivity index (χ2n) is 10.7. The van der Waals surface area contributed by atoms with Crippen molar-refractivity contribution in [3.63, 3.8) is 0 Å². The molecule has 1 heterocycles. The van der Waals surface area contributed by atoms with E-state index in [0.29, 0.717) is 33.3 Å². The molecule has 0 atom stereocenters. The predicted molar refractivity (Wildman–Crippen MR) is 160 cm³/mol. The average molecular weight is 560 g/mol. The number of ether oxygens (including phenoxy) is 2. The number of carbonyl (C=O) groups excluding carboxylic acids is 2. The number of methoxy groups -OCH3 is 2. The van der Waals surface area contributed by atoms with Crippen LogP contribution in [0.2, 0.25) is 5.02 Å². The van der Waals surface area contributed by atoms with Gasteiger partial charge in [0.25, 0.3) is 5.91 Å². The highest BCUT2D eigenvalue weighted by molar-refractivity contribution is 6.30. The van der Waals surface area contributed by atoms with Gasteiger partial charge in [0, 0.05) is 38.7 Å². The van der Waals surface area contributed by atoms with Gasteiger partial charge in [0.15, 0.2) is 0 Å². The fourth-order valence-corrected chi connectivity index (χ4v) is 4.86. The Morgan fingerprint density at radius 2 is 1.55 bits per heavy atom. The summed E-state index contributed by atoms with van der Waals surface area (Å²) in [6, 6.07) is 18.0. The molecule has 8 heteroatoms. The van der Waals surface area contributed by atoms with E-state index in [-0.39, 0.29) is 23.7 Å². The standard InChI is InChI=1S/C32H34ClN3O4/c1-19-8-13-23(39-6)16-26(19)30(32(3,4)5)35-34-29(37)18-27-20(2)36(28-17-24(40-7)14-15-25(27)28)31(38)21-9-11-22(33)12-10-21/h8-17H,18H2,1-7H3,(H,34,37)/b35-30-. The number of aromatic nitrogens is 1. The van der Waals surface area contributed by atoms with Gasteiger partial charge in [-0.05, 0) is 73.5 Å². The van der Waals surface area contributed by atoms with E-state index in [1.54, 1.807) is 49.1 Å². The van der Waals surface area contributed by atoms with Crippen LogP contribution in [0.3, 0.4) is 0 Å². The Bertz CT molecular complexity index is 1610. The van der Waals surface area contributed by atoms with Crippen LogP contribution in [-0.4, -0.2) is 36.3 Å². The summed E-state index contributed by atoms with van der Waals surface area (Å²) in [5, 5.41) is 5.92. The molecule has 0 aliphatic carbocycles. The lowest BCUT2D eigenvalue weighted by Crippen LogP contribution is -2.29. The molecule has 4 rings (SSSR count). The summed E-state index contributed by atoms with van der Waals surface area (Å²) in [7, 11) is 3.20. The van der Waals surface area contributed by atoms with Crippen LogP contribution in [0.15, 0.2) is 65.8 Å². The monoisotopic (exact) mass is 559 g/mol. The Labute approximate surface area is 239 Å². The minimum atomic E-state index is -0.349. The number of hydrazone groups is 1. The summed E-state index contributed by atoms with van der Waals surface area (Å²) in [5.74, 6) is 0.812. The SMILES string of the molecule is COc1ccc(C)c(/C(=N/NC(=O)Cc2c(C)n(C(=O)c3ccc(Cl)cc3)c3cc(OC)ccc23)C(C)(C)C)c1. The number of amides is 1. The Morgan fingerprint density at radius 3 is 2.17 bits per heavy atom. The maximum absolute atomic E-state index is 13.6. The number of fused-ring (bicyclic) bond motifs is 1. The molecule has 0 radical (unpaired) electrons. The van der Waals surface area contributed by atoms with Crippen LogP contribution in [0.1, 0.15) is 53.5 Å². The van der Waals surface area contributed by atoms with E-state index in [0.717, 1.165) is 27.8 Å². The quantitative estimate of drug-likeness (QED) is 0.201. The summed E-state index contributed by atoms with van der Waals surface area (Å²) < 4.78 is 12.5. The minimum absolute atomic E-state index is 0.0353. The van der Waals surface area contributed by atoms with E-state index in [4.69, 9.17) is 21.1 Å². The fourth-order valence-electron chi connectivity index (χ4n) is 4.73. The Balaban J connectivity index is 1.72. The first-order valence-corrected chi connectivity index (χ1v) is 13.3. The van der Waals surface area contributed by atoms with Crippen LogP contribution in [0.25, 0.3) is 10.9 Å². The minimum Gasteiger partial charge on any atom is -0.497 e. The molecule has 0 bridgehead atoms. The van der Waals surface area contributed by atoms with Crippen molar-refractivity contribution in [1.82, 2.24) is 9.99 Å². The van der Waals surface area contributed by atoms with Gasteiger partial charge >= 0.3 is 0 Å². The lowest BCUT2D eigenvalue weighted by atomic mass is 9.84. The van der Waals surface area contributed by atoms with Gasteiger partial charge in [0.2, 0.25) is 5.91 Å². The van der Waals surface area contributed by atoms with Gasteiger partial charge in [-0.2, -0.15) is 5.10 Å². The highest BCUT2D eigenvalue weighted by Crippen LogP contribution is 2.31. The first-order valence-electron chi connectivity index (χ1n) is 12.9. The summed E-state index contributed by atoms with van der Waals surface area (Å²) in [6.07, 6.45) is 0.0353. The predicted octanol–water partition coefficient (Wildman–Crippen LogP) is 6.73. The maximum atomic E-state index is 13.6. The zero-order chi connectivity index (χ0) is 29.2. The van der Waals surface area contributed by atoms with Gasteiger partial charge in [-0.3, -0.25) is 14.2 Å². The van der Waals surface area contributed by atoms with E-state index in [9.17, 15) is 9.59 Å². The molecule has 0 aliphatic rings. The van der Waals surface area contributed by atoms with Gasteiger partial charge in [0.05, 0.1) is 31.9 Å². The third kappa shape index (κ3) is 5.89. The zero-order valence-corrected chi connectivity index (χ0v) is 24.6. The molecule has 1 amide bonds. The van der Waals surface area contributed by atoms with Gasteiger partial charge in [-0.15, -0.1) is 0 Å². The second-order valence-corrected chi connectivity index (χ2v) is 11.1. The third-order valence-corrected chi connectivity index (χ3v) is 7.13. The summed E-state index contributed by atoms with van der Waals surface area (Å²) >= 11 is 6.04. The van der Waals surface area contributed by atoms with Crippen LogP contribution in [0.5, 0.6) is 11.5 Å². The number of aryl methyl sites for hydroxylation is 1. The molecule has 0 fully saturated rings. The van der Waals surface area contributed by atoms with Crippen LogP contribution < -0.4 is 14.9 Å². The first kappa shape index (κ1) is 28.9. The van der Waals surface area contributed by atoms with E-state index >= 15 is 0 Å². The molecule has 1 N–H and O–H groups in total. The van der Waals surface area contributed by atoms with E-state index in [1.807, 2.05) is 65.0 Å². The molecule has 3 aromatic carbocycles. The molecule has 40 heavy (non-hydrogen) atoms. The highest BCUT2D eigenvalue weighted by Gasteiger charge is 2.25. The van der Waals surface area contributed by atoms with Crippen molar-refractivity contribution < 1.29 is 19.1 Å². The number of nitrogens with zero attached hydrogens (tertiary/aromatic N) is 2. The zero-order valence-electron chi connectivity index (χ0n) is 23.9. The van der Waals surface area contributed by atoms with Gasteiger partial charge in [0.1, 0.15) is 11.5 Å². The number of benzene rings is 3. The lowest BCUT2D eigenvalue weighted by molar-refractivity contribution is -0.120. The molecule has 0 saturated carbocycles. The molecule has 1 aromatic heterocycles. The van der Waals surface area contributed by atoms with Crippen molar-refractivity contribution in [1.29, 1.82) is 0 Å². The molecule has 0 unspecified atom stereocenters. The summed E-state index contributed by atoms with van der Waals surface area (Å²) in [5.41, 5.74) is 7.63. The largest absolute Gasteiger partial charge is 0.497 e. The molecule has 0 saturated heterocycles. The number of nitrogens with one attached hydrogen (secondary N) is 1. The molecule has 208 valence electrons.